The summed E-state index contributed by atoms with van der Waals surface area (Å²) in [5, 5.41) is 4.07. The molecule has 0 saturated heterocycles. The Morgan fingerprint density at radius 1 is 1.35 bits per heavy atom. The summed E-state index contributed by atoms with van der Waals surface area (Å²) in [5.41, 5.74) is 1.11. The SMILES string of the molecule is CNC(CSc1cccc(Cl)c1)c1cncc(OC)c1. The van der Waals surface area contributed by atoms with Gasteiger partial charge in [-0.3, -0.25) is 4.98 Å². The minimum absolute atomic E-state index is 0.210. The van der Waals surface area contributed by atoms with Crippen molar-refractivity contribution in [2.24, 2.45) is 0 Å². The molecule has 0 saturated carbocycles. The van der Waals surface area contributed by atoms with Gasteiger partial charge in [0.1, 0.15) is 5.75 Å². The van der Waals surface area contributed by atoms with E-state index in [2.05, 4.69) is 16.4 Å². The van der Waals surface area contributed by atoms with Crippen molar-refractivity contribution in [1.29, 1.82) is 0 Å². The number of pyridine rings is 1. The average molecular weight is 309 g/mol. The van der Waals surface area contributed by atoms with Crippen molar-refractivity contribution in [1.82, 2.24) is 10.3 Å². The van der Waals surface area contributed by atoms with E-state index in [1.165, 1.54) is 0 Å². The number of nitrogens with one attached hydrogen (secondary N) is 1. The molecule has 0 aliphatic heterocycles. The van der Waals surface area contributed by atoms with Crippen molar-refractivity contribution in [3.63, 3.8) is 0 Å². The maximum Gasteiger partial charge on any atom is 0.137 e. The molecule has 0 amide bonds. The minimum Gasteiger partial charge on any atom is -0.495 e. The number of halogens is 1. The molecule has 3 nitrogen and oxygen atoms in total. The summed E-state index contributed by atoms with van der Waals surface area (Å²) in [6, 6.07) is 10.1. The second kappa shape index (κ2) is 7.53. The number of methoxy groups -OCH3 is 1. The normalized spacial score (nSPS) is 12.2. The Hall–Kier alpha value is -1.23. The van der Waals surface area contributed by atoms with Gasteiger partial charge in [-0.2, -0.15) is 0 Å². The summed E-state index contributed by atoms with van der Waals surface area (Å²) in [6.07, 6.45) is 3.57. The number of rotatable bonds is 6. The molecule has 1 aromatic heterocycles. The average Bonchev–Trinajstić information content (AvgIpc) is 2.48. The first-order valence-electron chi connectivity index (χ1n) is 6.27. The first-order chi connectivity index (χ1) is 9.72. The Morgan fingerprint density at radius 2 is 2.20 bits per heavy atom. The first-order valence-corrected chi connectivity index (χ1v) is 7.64. The predicted octanol–water partition coefficient (Wildman–Crippen LogP) is 3.80. The van der Waals surface area contributed by atoms with Crippen LogP contribution in [0, 0.1) is 0 Å². The molecule has 2 rings (SSSR count). The zero-order valence-electron chi connectivity index (χ0n) is 11.5. The highest BCUT2D eigenvalue weighted by molar-refractivity contribution is 7.99. The largest absolute Gasteiger partial charge is 0.495 e. The van der Waals surface area contributed by atoms with E-state index < -0.39 is 0 Å². The second-order valence-corrected chi connectivity index (χ2v) is 5.80. The standard InChI is InChI=1S/C15H17ClN2OS/c1-17-15(11-6-13(19-2)9-18-8-11)10-20-14-5-3-4-12(16)7-14/h3-9,15,17H,10H2,1-2H3. The van der Waals surface area contributed by atoms with Crippen molar-refractivity contribution in [3.8, 4) is 5.75 Å². The number of benzene rings is 1. The number of hydrogen-bond donors (Lipinski definition) is 1. The Balaban J connectivity index is 2.05. The number of aromatic nitrogens is 1. The van der Waals surface area contributed by atoms with Crippen LogP contribution in [0.25, 0.3) is 0 Å². The maximum absolute atomic E-state index is 6.00. The van der Waals surface area contributed by atoms with E-state index in [1.807, 2.05) is 37.5 Å². The fourth-order valence-corrected chi connectivity index (χ4v) is 3.18. The smallest absolute Gasteiger partial charge is 0.137 e. The Kier molecular flexibility index (Phi) is 5.71. The molecule has 1 aromatic carbocycles. The fourth-order valence-electron chi connectivity index (χ4n) is 1.82. The van der Waals surface area contributed by atoms with Gasteiger partial charge in [0.2, 0.25) is 0 Å². The van der Waals surface area contributed by atoms with Gasteiger partial charge in [0.05, 0.1) is 13.3 Å². The number of ether oxygens (including phenoxy) is 1. The van der Waals surface area contributed by atoms with E-state index in [1.54, 1.807) is 25.1 Å². The van der Waals surface area contributed by atoms with Crippen LogP contribution in [-0.2, 0) is 0 Å². The van der Waals surface area contributed by atoms with Crippen LogP contribution in [-0.4, -0.2) is 24.9 Å². The van der Waals surface area contributed by atoms with Gasteiger partial charge in [0, 0.05) is 27.9 Å². The zero-order chi connectivity index (χ0) is 14.4. The van der Waals surface area contributed by atoms with E-state index >= 15 is 0 Å². The minimum atomic E-state index is 0.210. The lowest BCUT2D eigenvalue weighted by Crippen LogP contribution is -2.18. The third-order valence-corrected chi connectivity index (χ3v) is 4.26. The molecule has 2 aromatic rings. The quantitative estimate of drug-likeness (QED) is 0.823. The van der Waals surface area contributed by atoms with Crippen LogP contribution in [0.15, 0.2) is 47.6 Å². The van der Waals surface area contributed by atoms with E-state index in [-0.39, 0.29) is 6.04 Å². The molecular weight excluding hydrogens is 292 g/mol. The third kappa shape index (κ3) is 4.13. The van der Waals surface area contributed by atoms with Gasteiger partial charge in [-0.05, 0) is 36.9 Å². The lowest BCUT2D eigenvalue weighted by atomic mass is 10.1. The summed E-state index contributed by atoms with van der Waals surface area (Å²) in [5.74, 6) is 1.67. The highest BCUT2D eigenvalue weighted by atomic mass is 35.5. The molecule has 20 heavy (non-hydrogen) atoms. The molecule has 0 spiro atoms. The van der Waals surface area contributed by atoms with Crippen LogP contribution in [0.3, 0.4) is 0 Å². The van der Waals surface area contributed by atoms with Crippen molar-refractivity contribution in [2.45, 2.75) is 10.9 Å². The van der Waals surface area contributed by atoms with Gasteiger partial charge in [0.15, 0.2) is 0 Å². The van der Waals surface area contributed by atoms with Crippen molar-refractivity contribution in [3.05, 3.63) is 53.3 Å². The third-order valence-electron chi connectivity index (χ3n) is 2.93. The van der Waals surface area contributed by atoms with E-state index in [0.29, 0.717) is 0 Å². The monoisotopic (exact) mass is 308 g/mol. The molecule has 1 atom stereocenters. The molecule has 106 valence electrons. The number of thioether (sulfide) groups is 1. The Morgan fingerprint density at radius 3 is 2.90 bits per heavy atom. The molecule has 0 bridgehead atoms. The molecular formula is C15H17ClN2OS. The van der Waals surface area contributed by atoms with Gasteiger partial charge in [-0.1, -0.05) is 17.7 Å². The van der Waals surface area contributed by atoms with Crippen LogP contribution < -0.4 is 10.1 Å². The number of nitrogens with zero attached hydrogens (tertiary/aromatic N) is 1. The second-order valence-electron chi connectivity index (χ2n) is 4.27. The zero-order valence-corrected chi connectivity index (χ0v) is 13.0. The summed E-state index contributed by atoms with van der Waals surface area (Å²) >= 11 is 7.76. The highest BCUT2D eigenvalue weighted by Crippen LogP contribution is 2.27. The lowest BCUT2D eigenvalue weighted by Gasteiger charge is -2.16. The maximum atomic E-state index is 6.00. The summed E-state index contributed by atoms with van der Waals surface area (Å²) in [6.45, 7) is 0. The first kappa shape index (κ1) is 15.2. The van der Waals surface area contributed by atoms with E-state index in [4.69, 9.17) is 16.3 Å². The molecule has 1 unspecified atom stereocenters. The summed E-state index contributed by atoms with van der Waals surface area (Å²) in [4.78, 5) is 5.36. The molecule has 0 fully saturated rings. The van der Waals surface area contributed by atoms with E-state index in [9.17, 15) is 0 Å². The lowest BCUT2D eigenvalue weighted by molar-refractivity contribution is 0.411. The van der Waals surface area contributed by atoms with Crippen LogP contribution in [0.1, 0.15) is 11.6 Å². The van der Waals surface area contributed by atoms with Crippen molar-refractivity contribution in [2.75, 3.05) is 19.9 Å². The Labute approximate surface area is 128 Å². The molecule has 0 aliphatic carbocycles. The summed E-state index contributed by atoms with van der Waals surface area (Å²) in [7, 11) is 3.60. The molecule has 0 aliphatic rings. The van der Waals surface area contributed by atoms with Crippen molar-refractivity contribution < 1.29 is 4.74 Å². The Bertz CT molecular complexity index is 565. The molecule has 0 radical (unpaired) electrons. The topological polar surface area (TPSA) is 34.2 Å². The van der Waals surface area contributed by atoms with Gasteiger partial charge in [-0.15, -0.1) is 11.8 Å². The number of hydrogen-bond acceptors (Lipinski definition) is 4. The van der Waals surface area contributed by atoms with Gasteiger partial charge in [-0.25, -0.2) is 0 Å². The molecule has 1 N–H and O–H groups in total. The highest BCUT2D eigenvalue weighted by Gasteiger charge is 2.11. The van der Waals surface area contributed by atoms with E-state index in [0.717, 1.165) is 27.0 Å². The predicted molar refractivity (Wildman–Crippen MR) is 84.8 cm³/mol. The van der Waals surface area contributed by atoms with Gasteiger partial charge in [0.25, 0.3) is 0 Å². The summed E-state index contributed by atoms with van der Waals surface area (Å²) < 4.78 is 5.21. The van der Waals surface area contributed by atoms with Crippen molar-refractivity contribution >= 4 is 23.4 Å². The van der Waals surface area contributed by atoms with Crippen LogP contribution in [0.5, 0.6) is 5.75 Å². The van der Waals surface area contributed by atoms with Gasteiger partial charge < -0.3 is 10.1 Å². The molecule has 1 heterocycles. The van der Waals surface area contributed by atoms with Crippen LogP contribution in [0.4, 0.5) is 0 Å². The molecule has 5 heteroatoms. The van der Waals surface area contributed by atoms with Crippen LogP contribution in [0.2, 0.25) is 5.02 Å². The van der Waals surface area contributed by atoms with Gasteiger partial charge >= 0.3 is 0 Å². The van der Waals surface area contributed by atoms with Crippen LogP contribution >= 0.6 is 23.4 Å². The fraction of sp³-hybridized carbons (Fsp3) is 0.267.